The largest absolute Gasteiger partial charge is 0.319 e. The van der Waals surface area contributed by atoms with Crippen LogP contribution in [0.1, 0.15) is 6.92 Å². The molecule has 0 aromatic rings. The number of carbonyl (C=O) groups excluding carboxylic acids is 1. The molecule has 1 unspecified atom stereocenters. The molecule has 0 rings (SSSR count). The predicted molar refractivity (Wildman–Crippen MR) is 40.0 cm³/mol. The van der Waals surface area contributed by atoms with Crippen LogP contribution < -0.4 is 17.2 Å². The third-order valence-electron chi connectivity index (χ3n) is 1.07. The number of hydrogen-bond acceptors (Lipinski definition) is 4. The van der Waals surface area contributed by atoms with Crippen molar-refractivity contribution in [2.45, 2.75) is 19.1 Å². The Kier molecular flexibility index (Phi) is 3.87. The lowest BCUT2D eigenvalue weighted by Gasteiger charge is -2.10. The maximum Gasteiger partial charge on any atom is 0.174 e. The monoisotopic (exact) mass is 143 g/mol. The van der Waals surface area contributed by atoms with Gasteiger partial charge in [0.15, 0.2) is 5.78 Å². The Bertz CT molecular complexity index is 142. The fourth-order valence-electron chi connectivity index (χ4n) is 0.465. The van der Waals surface area contributed by atoms with Gasteiger partial charge in [-0.1, -0.05) is 6.08 Å². The summed E-state index contributed by atoms with van der Waals surface area (Å²) < 4.78 is 0. The molecule has 0 amide bonds. The second kappa shape index (κ2) is 4.16. The van der Waals surface area contributed by atoms with Crippen LogP contribution in [0.15, 0.2) is 12.2 Å². The van der Waals surface area contributed by atoms with Gasteiger partial charge in [0.05, 0.1) is 12.2 Å². The Hall–Kier alpha value is -0.710. The summed E-state index contributed by atoms with van der Waals surface area (Å²) in [5.41, 5.74) is 15.6. The van der Waals surface area contributed by atoms with Crippen molar-refractivity contribution in [2.24, 2.45) is 17.2 Å². The van der Waals surface area contributed by atoms with Gasteiger partial charge in [0.2, 0.25) is 0 Å². The van der Waals surface area contributed by atoms with Crippen LogP contribution in [-0.2, 0) is 4.79 Å². The molecular formula is C6H13N3O. The Labute approximate surface area is 60.1 Å². The van der Waals surface area contributed by atoms with E-state index >= 15 is 0 Å². The molecule has 0 spiro atoms. The van der Waals surface area contributed by atoms with Crippen molar-refractivity contribution in [3.05, 3.63) is 12.2 Å². The van der Waals surface area contributed by atoms with E-state index in [4.69, 9.17) is 17.2 Å². The first-order chi connectivity index (χ1) is 4.59. The lowest BCUT2D eigenvalue weighted by atomic mass is 10.1. The molecule has 0 aliphatic carbocycles. The van der Waals surface area contributed by atoms with Gasteiger partial charge < -0.3 is 17.2 Å². The van der Waals surface area contributed by atoms with E-state index in [9.17, 15) is 4.79 Å². The molecule has 0 fully saturated rings. The number of nitrogens with two attached hydrogens (primary N) is 3. The Morgan fingerprint density at radius 2 is 1.90 bits per heavy atom. The first kappa shape index (κ1) is 9.29. The molecule has 0 aliphatic rings. The molecule has 0 radical (unpaired) electrons. The Morgan fingerprint density at radius 1 is 1.40 bits per heavy atom. The number of rotatable bonds is 3. The van der Waals surface area contributed by atoms with Gasteiger partial charge in [-0.3, -0.25) is 4.79 Å². The minimum absolute atomic E-state index is 0.238. The molecule has 6 N–H and O–H groups in total. The van der Waals surface area contributed by atoms with Crippen molar-refractivity contribution in [3.8, 4) is 0 Å². The molecular weight excluding hydrogens is 130 g/mol. The molecule has 10 heavy (non-hydrogen) atoms. The van der Waals surface area contributed by atoms with Crippen LogP contribution in [-0.4, -0.2) is 18.0 Å². The summed E-state index contributed by atoms with van der Waals surface area (Å²) in [6.07, 6.45) is 2.19. The topological polar surface area (TPSA) is 95.1 Å². The van der Waals surface area contributed by atoms with Gasteiger partial charge in [-0.2, -0.15) is 0 Å². The number of hydrogen-bond donors (Lipinski definition) is 3. The summed E-state index contributed by atoms with van der Waals surface area (Å²) in [5.74, 6) is -0.238. The molecule has 4 heteroatoms. The van der Waals surface area contributed by atoms with E-state index in [-0.39, 0.29) is 5.78 Å². The average Bonchev–Trinajstić information content (AvgIpc) is 1.87. The molecule has 0 aromatic heterocycles. The van der Waals surface area contributed by atoms with Crippen LogP contribution in [0.4, 0.5) is 0 Å². The molecule has 1 atom stereocenters. The molecule has 4 nitrogen and oxygen atoms in total. The van der Waals surface area contributed by atoms with Gasteiger partial charge >= 0.3 is 0 Å². The van der Waals surface area contributed by atoms with E-state index < -0.39 is 12.2 Å². The molecule has 0 aromatic carbocycles. The predicted octanol–water partition coefficient (Wildman–Crippen LogP) is -1.30. The fraction of sp³-hybridized carbons (Fsp3) is 0.500. The zero-order valence-electron chi connectivity index (χ0n) is 5.95. The second-order valence-corrected chi connectivity index (χ2v) is 2.01. The first-order valence-corrected chi connectivity index (χ1v) is 3.03. The Morgan fingerprint density at radius 3 is 2.20 bits per heavy atom. The highest BCUT2D eigenvalue weighted by Gasteiger charge is 2.14. The molecule has 58 valence electrons. The highest BCUT2D eigenvalue weighted by molar-refractivity contribution is 5.94. The van der Waals surface area contributed by atoms with Gasteiger partial charge in [-0.05, 0) is 13.0 Å². The molecule has 0 saturated carbocycles. The second-order valence-electron chi connectivity index (χ2n) is 2.01. The first-order valence-electron chi connectivity index (χ1n) is 3.03. The standard InChI is InChI=1S/C6H13N3O/c1-2-3-4(10)5(7)6(8)9/h2-3,5-6H,7-9H2,1H3/b3-2-. The highest BCUT2D eigenvalue weighted by Crippen LogP contribution is 1.84. The van der Waals surface area contributed by atoms with Gasteiger partial charge in [0.1, 0.15) is 0 Å². The number of carbonyl (C=O) groups is 1. The lowest BCUT2D eigenvalue weighted by Crippen LogP contribution is -2.52. The molecule has 0 saturated heterocycles. The van der Waals surface area contributed by atoms with Gasteiger partial charge in [0, 0.05) is 0 Å². The van der Waals surface area contributed by atoms with Crippen LogP contribution >= 0.6 is 0 Å². The van der Waals surface area contributed by atoms with Gasteiger partial charge in [-0.15, -0.1) is 0 Å². The normalized spacial score (nSPS) is 14.5. The number of allylic oxidation sites excluding steroid dienone is 1. The summed E-state index contributed by atoms with van der Waals surface area (Å²) in [4.78, 5) is 10.8. The van der Waals surface area contributed by atoms with E-state index in [0.29, 0.717) is 0 Å². The van der Waals surface area contributed by atoms with Gasteiger partial charge in [-0.25, -0.2) is 0 Å². The molecule has 0 bridgehead atoms. The summed E-state index contributed by atoms with van der Waals surface area (Å²) in [5, 5.41) is 0. The lowest BCUT2D eigenvalue weighted by molar-refractivity contribution is -0.116. The van der Waals surface area contributed by atoms with Gasteiger partial charge in [0.25, 0.3) is 0 Å². The van der Waals surface area contributed by atoms with Crippen LogP contribution in [0.25, 0.3) is 0 Å². The minimum atomic E-state index is -0.781. The van der Waals surface area contributed by atoms with Crippen molar-refractivity contribution in [3.63, 3.8) is 0 Å². The van der Waals surface area contributed by atoms with E-state index in [1.807, 2.05) is 0 Å². The minimum Gasteiger partial charge on any atom is -0.319 e. The summed E-state index contributed by atoms with van der Waals surface area (Å²) in [6.45, 7) is 1.73. The number of ketones is 1. The molecule has 0 aliphatic heterocycles. The smallest absolute Gasteiger partial charge is 0.174 e. The quantitative estimate of drug-likeness (QED) is 0.338. The third kappa shape index (κ3) is 2.72. The summed E-state index contributed by atoms with van der Waals surface area (Å²) >= 11 is 0. The van der Waals surface area contributed by atoms with Crippen molar-refractivity contribution >= 4 is 5.78 Å². The van der Waals surface area contributed by atoms with Crippen molar-refractivity contribution in [2.75, 3.05) is 0 Å². The summed E-state index contributed by atoms with van der Waals surface area (Å²) in [7, 11) is 0. The average molecular weight is 143 g/mol. The van der Waals surface area contributed by atoms with E-state index in [1.54, 1.807) is 13.0 Å². The maximum atomic E-state index is 10.8. The van der Waals surface area contributed by atoms with Crippen LogP contribution in [0.5, 0.6) is 0 Å². The van der Waals surface area contributed by atoms with E-state index in [2.05, 4.69) is 0 Å². The SMILES string of the molecule is C/C=C\C(=O)C(N)C(N)N. The van der Waals surface area contributed by atoms with Crippen molar-refractivity contribution < 1.29 is 4.79 Å². The van der Waals surface area contributed by atoms with Crippen LogP contribution in [0, 0.1) is 0 Å². The van der Waals surface area contributed by atoms with Crippen molar-refractivity contribution in [1.82, 2.24) is 0 Å². The molecule has 0 heterocycles. The third-order valence-corrected chi connectivity index (χ3v) is 1.07. The van der Waals surface area contributed by atoms with E-state index in [0.717, 1.165) is 0 Å². The van der Waals surface area contributed by atoms with E-state index in [1.165, 1.54) is 6.08 Å². The van der Waals surface area contributed by atoms with Crippen LogP contribution in [0.2, 0.25) is 0 Å². The van der Waals surface area contributed by atoms with Crippen LogP contribution in [0.3, 0.4) is 0 Å². The summed E-state index contributed by atoms with van der Waals surface area (Å²) in [6, 6.07) is -0.781. The highest BCUT2D eigenvalue weighted by atomic mass is 16.1. The zero-order chi connectivity index (χ0) is 8.15. The maximum absolute atomic E-state index is 10.8. The van der Waals surface area contributed by atoms with Crippen molar-refractivity contribution in [1.29, 1.82) is 0 Å². The fourth-order valence-corrected chi connectivity index (χ4v) is 0.465. The zero-order valence-corrected chi connectivity index (χ0v) is 5.95. The Balaban J connectivity index is 3.95.